The van der Waals surface area contributed by atoms with Gasteiger partial charge >= 0.3 is 0 Å². The van der Waals surface area contributed by atoms with Gasteiger partial charge in [0, 0.05) is 13.6 Å². The van der Waals surface area contributed by atoms with Crippen molar-refractivity contribution in [2.24, 2.45) is 0 Å². The summed E-state index contributed by atoms with van der Waals surface area (Å²) in [6, 6.07) is 1.80. The van der Waals surface area contributed by atoms with Gasteiger partial charge in [0.1, 0.15) is 10.7 Å². The summed E-state index contributed by atoms with van der Waals surface area (Å²) in [5, 5.41) is 8.44. The Bertz CT molecular complexity index is 521. The molecule has 0 amide bonds. The lowest BCUT2D eigenvalue weighted by Crippen LogP contribution is -2.30. The van der Waals surface area contributed by atoms with E-state index < -0.39 is 15.8 Å². The Hall–Kier alpha value is -0.890. The minimum atomic E-state index is -3.88. The molecule has 0 spiro atoms. The minimum Gasteiger partial charge on any atom is -0.396 e. The molecule has 0 aromatic heterocycles. The van der Waals surface area contributed by atoms with Crippen molar-refractivity contribution in [2.75, 3.05) is 25.9 Å². The minimum absolute atomic E-state index is 0.0874. The molecule has 96 valence electrons. The van der Waals surface area contributed by atoms with Crippen LogP contribution in [0.25, 0.3) is 0 Å². The first kappa shape index (κ1) is 14.2. The highest BCUT2D eigenvalue weighted by atomic mass is 35.5. The Morgan fingerprint density at radius 1 is 1.53 bits per heavy atom. The molecule has 0 aliphatic heterocycles. The van der Waals surface area contributed by atoms with Crippen molar-refractivity contribution >= 4 is 27.3 Å². The molecule has 8 heteroatoms. The third kappa shape index (κ3) is 2.86. The van der Waals surface area contributed by atoms with Gasteiger partial charge < -0.3 is 10.8 Å². The van der Waals surface area contributed by atoms with E-state index in [-0.39, 0.29) is 28.8 Å². The monoisotopic (exact) mass is 282 g/mol. The maximum absolute atomic E-state index is 13.0. The largest absolute Gasteiger partial charge is 0.396 e. The van der Waals surface area contributed by atoms with Crippen molar-refractivity contribution in [1.29, 1.82) is 0 Å². The number of aliphatic hydroxyl groups is 1. The van der Waals surface area contributed by atoms with E-state index in [9.17, 15) is 12.8 Å². The van der Waals surface area contributed by atoms with E-state index in [0.717, 1.165) is 16.4 Å². The molecule has 17 heavy (non-hydrogen) atoms. The first-order valence-electron chi connectivity index (χ1n) is 4.62. The van der Waals surface area contributed by atoms with Crippen molar-refractivity contribution in [3.05, 3.63) is 23.0 Å². The Labute approximate surface area is 104 Å². The van der Waals surface area contributed by atoms with Crippen LogP contribution in [0.2, 0.25) is 5.02 Å². The fraction of sp³-hybridized carbons (Fsp3) is 0.333. The van der Waals surface area contributed by atoms with Gasteiger partial charge in [-0.15, -0.1) is 0 Å². The number of hydrogen-bond acceptors (Lipinski definition) is 4. The Kier molecular flexibility index (Phi) is 4.31. The number of nitrogens with two attached hydrogens (primary N) is 1. The SMILES string of the molecule is CN(CCO)S(=O)(=O)c1cc(N)c(F)cc1Cl. The maximum atomic E-state index is 13.0. The fourth-order valence-electron chi connectivity index (χ4n) is 1.17. The van der Waals surface area contributed by atoms with E-state index >= 15 is 0 Å². The number of aliphatic hydroxyl groups excluding tert-OH is 1. The molecule has 0 unspecified atom stereocenters. The fourth-order valence-corrected chi connectivity index (χ4v) is 2.85. The molecular formula is C9H12ClFN2O3S. The van der Waals surface area contributed by atoms with Crippen molar-refractivity contribution in [3.63, 3.8) is 0 Å². The van der Waals surface area contributed by atoms with Crippen LogP contribution >= 0.6 is 11.6 Å². The molecule has 1 aromatic carbocycles. The molecule has 0 radical (unpaired) electrons. The van der Waals surface area contributed by atoms with Crippen LogP contribution in [0.3, 0.4) is 0 Å². The summed E-state index contributed by atoms with van der Waals surface area (Å²) in [5.74, 6) is -0.779. The van der Waals surface area contributed by atoms with Gasteiger partial charge in [-0.2, -0.15) is 4.31 Å². The van der Waals surface area contributed by atoms with Gasteiger partial charge in [-0.1, -0.05) is 11.6 Å². The van der Waals surface area contributed by atoms with Crippen molar-refractivity contribution in [1.82, 2.24) is 4.31 Å². The van der Waals surface area contributed by atoms with Crippen molar-refractivity contribution in [2.45, 2.75) is 4.90 Å². The third-order valence-corrected chi connectivity index (χ3v) is 4.48. The lowest BCUT2D eigenvalue weighted by atomic mass is 10.3. The molecule has 0 saturated heterocycles. The number of benzene rings is 1. The van der Waals surface area contributed by atoms with Gasteiger partial charge in [-0.05, 0) is 12.1 Å². The van der Waals surface area contributed by atoms with Crippen LogP contribution in [0.5, 0.6) is 0 Å². The molecule has 0 fully saturated rings. The molecule has 1 aromatic rings. The van der Waals surface area contributed by atoms with Gasteiger partial charge in [0.25, 0.3) is 0 Å². The predicted octanol–water partition coefficient (Wildman–Crippen LogP) is 0.674. The van der Waals surface area contributed by atoms with E-state index in [1.807, 2.05) is 0 Å². The highest BCUT2D eigenvalue weighted by molar-refractivity contribution is 7.89. The number of nitrogens with zero attached hydrogens (tertiary/aromatic N) is 1. The lowest BCUT2D eigenvalue weighted by molar-refractivity contribution is 0.266. The van der Waals surface area contributed by atoms with Crippen LogP contribution in [0.15, 0.2) is 17.0 Å². The first-order chi connectivity index (χ1) is 7.80. The van der Waals surface area contributed by atoms with Crippen LogP contribution in [-0.4, -0.2) is 38.0 Å². The summed E-state index contributed by atoms with van der Waals surface area (Å²) < 4.78 is 37.9. The number of likely N-dealkylation sites (N-methyl/N-ethyl adjacent to an activating group) is 1. The Balaban J connectivity index is 3.29. The molecule has 0 aliphatic rings. The van der Waals surface area contributed by atoms with Crippen molar-refractivity contribution < 1.29 is 17.9 Å². The summed E-state index contributed by atoms with van der Waals surface area (Å²) in [6.45, 7) is -0.417. The molecule has 0 atom stereocenters. The summed E-state index contributed by atoms with van der Waals surface area (Å²) in [4.78, 5) is -0.283. The van der Waals surface area contributed by atoms with Crippen LogP contribution in [-0.2, 0) is 10.0 Å². The number of anilines is 1. The molecule has 5 nitrogen and oxygen atoms in total. The normalized spacial score (nSPS) is 12.1. The molecule has 0 saturated carbocycles. The van der Waals surface area contributed by atoms with Crippen LogP contribution in [0, 0.1) is 5.82 Å². The van der Waals surface area contributed by atoms with Gasteiger partial charge in [-0.25, -0.2) is 12.8 Å². The lowest BCUT2D eigenvalue weighted by Gasteiger charge is -2.17. The zero-order valence-corrected chi connectivity index (χ0v) is 10.6. The summed E-state index contributed by atoms with van der Waals surface area (Å²) >= 11 is 5.67. The summed E-state index contributed by atoms with van der Waals surface area (Å²) in [6.07, 6.45) is 0. The molecule has 3 N–H and O–H groups in total. The van der Waals surface area contributed by atoms with E-state index in [2.05, 4.69) is 0 Å². The zero-order valence-electron chi connectivity index (χ0n) is 9.02. The van der Waals surface area contributed by atoms with Gasteiger partial charge in [0.2, 0.25) is 10.0 Å². The number of nitrogen functional groups attached to an aromatic ring is 1. The second-order valence-corrected chi connectivity index (χ2v) is 5.77. The standard InChI is InChI=1S/C9H12ClFN2O3S/c1-13(2-3-14)17(15,16)9-5-8(12)7(11)4-6(9)10/h4-5,14H,2-3,12H2,1H3. The molecule has 0 heterocycles. The van der Waals surface area contributed by atoms with E-state index in [1.54, 1.807) is 0 Å². The van der Waals surface area contributed by atoms with E-state index in [0.29, 0.717) is 0 Å². The van der Waals surface area contributed by atoms with Crippen molar-refractivity contribution in [3.8, 4) is 0 Å². The first-order valence-corrected chi connectivity index (χ1v) is 6.44. The highest BCUT2D eigenvalue weighted by Gasteiger charge is 2.24. The van der Waals surface area contributed by atoms with Crippen LogP contribution < -0.4 is 5.73 Å². The summed E-state index contributed by atoms with van der Waals surface area (Å²) in [7, 11) is -2.60. The molecule has 1 rings (SSSR count). The predicted molar refractivity (Wildman–Crippen MR) is 62.7 cm³/mol. The Morgan fingerprint density at radius 2 is 2.12 bits per heavy atom. The van der Waals surface area contributed by atoms with Crippen LogP contribution in [0.4, 0.5) is 10.1 Å². The smallest absolute Gasteiger partial charge is 0.244 e. The molecular weight excluding hydrogens is 271 g/mol. The summed E-state index contributed by atoms with van der Waals surface area (Å²) in [5.41, 5.74) is 4.99. The molecule has 0 bridgehead atoms. The average Bonchev–Trinajstić information content (AvgIpc) is 2.23. The van der Waals surface area contributed by atoms with Gasteiger partial charge in [0.05, 0.1) is 17.3 Å². The van der Waals surface area contributed by atoms with Gasteiger partial charge in [-0.3, -0.25) is 0 Å². The zero-order chi connectivity index (χ0) is 13.2. The molecule has 0 aliphatic carbocycles. The number of hydrogen-bond donors (Lipinski definition) is 2. The van der Waals surface area contributed by atoms with E-state index in [1.165, 1.54) is 7.05 Å². The maximum Gasteiger partial charge on any atom is 0.244 e. The number of sulfonamides is 1. The second-order valence-electron chi connectivity index (χ2n) is 3.35. The number of rotatable bonds is 4. The van der Waals surface area contributed by atoms with Crippen LogP contribution in [0.1, 0.15) is 0 Å². The Morgan fingerprint density at radius 3 is 2.65 bits per heavy atom. The number of halogens is 2. The van der Waals surface area contributed by atoms with E-state index in [4.69, 9.17) is 22.4 Å². The second kappa shape index (κ2) is 5.18. The average molecular weight is 283 g/mol. The quantitative estimate of drug-likeness (QED) is 0.795. The topological polar surface area (TPSA) is 83.6 Å². The third-order valence-electron chi connectivity index (χ3n) is 2.15. The van der Waals surface area contributed by atoms with Gasteiger partial charge in [0.15, 0.2) is 0 Å². The highest BCUT2D eigenvalue weighted by Crippen LogP contribution is 2.28.